The highest BCUT2D eigenvalue weighted by Crippen LogP contribution is 2.08. The quantitative estimate of drug-likeness (QED) is 0.613. The molecule has 0 spiro atoms. The van der Waals surface area contributed by atoms with Gasteiger partial charge in [-0.3, -0.25) is 4.99 Å². The molecule has 1 aromatic carbocycles. The van der Waals surface area contributed by atoms with Gasteiger partial charge in [-0.25, -0.2) is 0 Å². The fourth-order valence-electron chi connectivity index (χ4n) is 3.13. The number of rotatable bonds is 6. The third-order valence-corrected chi connectivity index (χ3v) is 4.70. The lowest BCUT2D eigenvalue weighted by Gasteiger charge is -2.21. The number of hydrogen-bond acceptors (Lipinski definition) is 3. The van der Waals surface area contributed by atoms with Crippen molar-refractivity contribution in [2.24, 2.45) is 4.99 Å². The maximum Gasteiger partial charge on any atom is 0.191 e. The van der Waals surface area contributed by atoms with Gasteiger partial charge in [-0.15, -0.1) is 0 Å². The van der Waals surface area contributed by atoms with Crippen molar-refractivity contribution in [1.82, 2.24) is 20.4 Å². The molecule has 2 N–H and O–H groups in total. The van der Waals surface area contributed by atoms with Crippen LogP contribution in [-0.2, 0) is 13.0 Å². The molecule has 1 aromatic rings. The summed E-state index contributed by atoms with van der Waals surface area (Å²) in [6, 6.07) is 8.59. The van der Waals surface area contributed by atoms with Crippen LogP contribution in [0.5, 0.6) is 0 Å². The SMILES string of the molecule is CCc1ccccc1CNC(=NC)NCCN1CCCN(C)CC1. The summed E-state index contributed by atoms with van der Waals surface area (Å²) in [5, 5.41) is 6.87. The average molecular weight is 332 g/mol. The van der Waals surface area contributed by atoms with Gasteiger partial charge in [0.2, 0.25) is 0 Å². The Kier molecular flexibility index (Phi) is 8.05. The fourth-order valence-corrected chi connectivity index (χ4v) is 3.13. The molecule has 0 aliphatic carbocycles. The number of hydrogen-bond donors (Lipinski definition) is 2. The van der Waals surface area contributed by atoms with Gasteiger partial charge in [0.25, 0.3) is 0 Å². The Morgan fingerprint density at radius 1 is 1.08 bits per heavy atom. The first-order valence-electron chi connectivity index (χ1n) is 9.15. The monoisotopic (exact) mass is 331 g/mol. The van der Waals surface area contributed by atoms with Crippen LogP contribution in [0.4, 0.5) is 0 Å². The van der Waals surface area contributed by atoms with Crippen molar-refractivity contribution < 1.29 is 0 Å². The second-order valence-electron chi connectivity index (χ2n) is 6.47. The average Bonchev–Trinajstić information content (AvgIpc) is 2.82. The van der Waals surface area contributed by atoms with E-state index < -0.39 is 0 Å². The molecule has 1 aliphatic rings. The van der Waals surface area contributed by atoms with E-state index in [0.29, 0.717) is 0 Å². The van der Waals surface area contributed by atoms with Gasteiger partial charge in [0.15, 0.2) is 5.96 Å². The zero-order valence-electron chi connectivity index (χ0n) is 15.5. The van der Waals surface area contributed by atoms with Crippen molar-refractivity contribution in [3.05, 3.63) is 35.4 Å². The summed E-state index contributed by atoms with van der Waals surface area (Å²) in [5.74, 6) is 0.882. The number of guanidine groups is 1. The van der Waals surface area contributed by atoms with Crippen molar-refractivity contribution in [1.29, 1.82) is 0 Å². The molecule has 0 bridgehead atoms. The Hall–Kier alpha value is -1.59. The zero-order chi connectivity index (χ0) is 17.2. The summed E-state index contributed by atoms with van der Waals surface area (Å²) in [6.45, 7) is 9.75. The Labute approximate surface area is 147 Å². The predicted octanol–water partition coefficient (Wildman–Crippen LogP) is 1.55. The van der Waals surface area contributed by atoms with E-state index in [9.17, 15) is 0 Å². The van der Waals surface area contributed by atoms with Crippen molar-refractivity contribution in [2.45, 2.75) is 26.3 Å². The van der Waals surface area contributed by atoms with E-state index >= 15 is 0 Å². The maximum atomic E-state index is 4.34. The minimum Gasteiger partial charge on any atom is -0.355 e. The molecule has 0 saturated carbocycles. The molecule has 5 nitrogen and oxygen atoms in total. The first kappa shape index (κ1) is 18.7. The molecule has 1 saturated heterocycles. The van der Waals surface area contributed by atoms with Crippen LogP contribution in [0, 0.1) is 0 Å². The first-order chi connectivity index (χ1) is 11.7. The van der Waals surface area contributed by atoms with Gasteiger partial charge in [-0.05, 0) is 44.1 Å². The smallest absolute Gasteiger partial charge is 0.191 e. The van der Waals surface area contributed by atoms with Gasteiger partial charge in [-0.1, -0.05) is 31.2 Å². The number of benzene rings is 1. The molecular weight excluding hydrogens is 298 g/mol. The minimum atomic E-state index is 0.818. The fraction of sp³-hybridized carbons (Fsp3) is 0.632. The number of aliphatic imine (C=N–C) groups is 1. The van der Waals surface area contributed by atoms with Gasteiger partial charge in [0.05, 0.1) is 0 Å². The lowest BCUT2D eigenvalue weighted by molar-refractivity contribution is 0.280. The van der Waals surface area contributed by atoms with E-state index in [1.165, 1.54) is 37.2 Å². The van der Waals surface area contributed by atoms with Crippen LogP contribution in [0.3, 0.4) is 0 Å². The third-order valence-electron chi connectivity index (χ3n) is 4.70. The second-order valence-corrected chi connectivity index (χ2v) is 6.47. The van der Waals surface area contributed by atoms with Crippen molar-refractivity contribution in [2.75, 3.05) is 53.4 Å². The number of nitrogens with one attached hydrogen (secondary N) is 2. The molecule has 0 aromatic heterocycles. The maximum absolute atomic E-state index is 4.34. The van der Waals surface area contributed by atoms with Gasteiger partial charge in [0.1, 0.15) is 0 Å². The predicted molar refractivity (Wildman–Crippen MR) is 103 cm³/mol. The molecule has 0 atom stereocenters. The molecule has 1 aliphatic heterocycles. The van der Waals surface area contributed by atoms with Crippen LogP contribution in [0.1, 0.15) is 24.5 Å². The van der Waals surface area contributed by atoms with Crippen LogP contribution < -0.4 is 10.6 Å². The minimum absolute atomic E-state index is 0.818. The van der Waals surface area contributed by atoms with E-state index in [4.69, 9.17) is 0 Å². The highest BCUT2D eigenvalue weighted by molar-refractivity contribution is 5.79. The summed E-state index contributed by atoms with van der Waals surface area (Å²) in [4.78, 5) is 9.29. The highest BCUT2D eigenvalue weighted by Gasteiger charge is 2.11. The largest absolute Gasteiger partial charge is 0.355 e. The summed E-state index contributed by atoms with van der Waals surface area (Å²) in [5.41, 5.74) is 2.74. The molecule has 1 fully saturated rings. The van der Waals surface area contributed by atoms with Crippen LogP contribution in [0.15, 0.2) is 29.3 Å². The normalized spacial score (nSPS) is 17.5. The lowest BCUT2D eigenvalue weighted by atomic mass is 10.1. The lowest BCUT2D eigenvalue weighted by Crippen LogP contribution is -2.42. The molecule has 134 valence electrons. The van der Waals surface area contributed by atoms with Gasteiger partial charge in [0, 0.05) is 39.8 Å². The number of nitrogens with zero attached hydrogens (tertiary/aromatic N) is 3. The Balaban J connectivity index is 1.72. The van der Waals surface area contributed by atoms with E-state index in [2.05, 4.69) is 63.7 Å². The zero-order valence-corrected chi connectivity index (χ0v) is 15.5. The number of likely N-dealkylation sites (N-methyl/N-ethyl adjacent to an activating group) is 1. The third kappa shape index (κ3) is 6.13. The molecule has 0 unspecified atom stereocenters. The van der Waals surface area contributed by atoms with Crippen molar-refractivity contribution in [3.8, 4) is 0 Å². The Morgan fingerprint density at radius 2 is 1.88 bits per heavy atom. The van der Waals surface area contributed by atoms with E-state index in [1.807, 2.05) is 7.05 Å². The van der Waals surface area contributed by atoms with Gasteiger partial charge in [-0.2, -0.15) is 0 Å². The molecular formula is C19H33N5. The van der Waals surface area contributed by atoms with Gasteiger partial charge >= 0.3 is 0 Å². The Bertz CT molecular complexity index is 514. The van der Waals surface area contributed by atoms with Crippen LogP contribution in [0.25, 0.3) is 0 Å². The molecule has 0 radical (unpaired) electrons. The standard InChI is InChI=1S/C19H33N5/c1-4-17-8-5-6-9-18(17)16-22-19(20-2)21-10-13-24-12-7-11-23(3)14-15-24/h5-6,8-9H,4,7,10-16H2,1-3H3,(H2,20,21,22). The summed E-state index contributed by atoms with van der Waals surface area (Å²) in [6.07, 6.45) is 2.32. The summed E-state index contributed by atoms with van der Waals surface area (Å²) in [7, 11) is 4.05. The molecule has 0 amide bonds. The highest BCUT2D eigenvalue weighted by atomic mass is 15.2. The van der Waals surface area contributed by atoms with E-state index in [1.54, 1.807) is 0 Å². The van der Waals surface area contributed by atoms with Crippen LogP contribution >= 0.6 is 0 Å². The van der Waals surface area contributed by atoms with Gasteiger partial charge < -0.3 is 20.4 Å². The Morgan fingerprint density at radius 3 is 2.62 bits per heavy atom. The number of aryl methyl sites for hydroxylation is 1. The summed E-state index contributed by atoms with van der Waals surface area (Å²) < 4.78 is 0. The second kappa shape index (κ2) is 10.3. The van der Waals surface area contributed by atoms with Crippen LogP contribution in [-0.4, -0.2) is 69.1 Å². The molecule has 24 heavy (non-hydrogen) atoms. The first-order valence-corrected chi connectivity index (χ1v) is 9.15. The van der Waals surface area contributed by atoms with Crippen LogP contribution in [0.2, 0.25) is 0 Å². The topological polar surface area (TPSA) is 42.9 Å². The van der Waals surface area contributed by atoms with Crippen molar-refractivity contribution in [3.63, 3.8) is 0 Å². The summed E-state index contributed by atoms with van der Waals surface area (Å²) >= 11 is 0. The molecule has 5 heteroatoms. The molecule has 2 rings (SSSR count). The molecule has 1 heterocycles. The van der Waals surface area contributed by atoms with E-state index in [0.717, 1.165) is 38.6 Å². The van der Waals surface area contributed by atoms with Crippen molar-refractivity contribution >= 4 is 5.96 Å². The van der Waals surface area contributed by atoms with E-state index in [-0.39, 0.29) is 0 Å².